The quantitative estimate of drug-likeness (QED) is 0.645. The Morgan fingerprint density at radius 2 is 1.14 bits per heavy atom. The van der Waals surface area contributed by atoms with Gasteiger partial charge in [0.05, 0.1) is 0 Å². The second-order valence-electron chi connectivity index (χ2n) is 1.06. The smallest absolute Gasteiger partial charge is 0.300 e. The Labute approximate surface area is 114 Å². The number of carboxylic acid groups (broad SMARTS) is 1. The summed E-state index contributed by atoms with van der Waals surface area (Å²) >= 11 is 9.31. The predicted octanol–water partition coefficient (Wildman–Crippen LogP) is 0.0669. The maximum atomic E-state index is 9.00. The Balaban J connectivity index is 0. The molecule has 0 aliphatic heterocycles. The predicted molar refractivity (Wildman–Crippen MR) is 87.0 cm³/mol. The van der Waals surface area contributed by atoms with Crippen molar-refractivity contribution in [1.82, 2.24) is 0 Å². The summed E-state index contributed by atoms with van der Waals surface area (Å²) in [5.41, 5.74) is 0. The number of rotatable bonds is 0. The van der Waals surface area contributed by atoms with Gasteiger partial charge in [0.2, 0.25) is 0 Å². The maximum Gasteiger partial charge on any atom is 0.300 e. The molecule has 14 heavy (non-hydrogen) atoms. The van der Waals surface area contributed by atoms with E-state index in [2.05, 4.69) is 22.4 Å². The van der Waals surface area contributed by atoms with Gasteiger partial charge in [-0.05, 0) is 0 Å². The van der Waals surface area contributed by atoms with E-state index >= 15 is 0 Å². The van der Waals surface area contributed by atoms with Crippen molar-refractivity contribution in [3.05, 3.63) is 0 Å². The molecule has 0 aliphatic carbocycles. The van der Waals surface area contributed by atoms with Gasteiger partial charge in [0.1, 0.15) is 0 Å². The molecule has 0 amide bonds. The first-order valence-corrected chi connectivity index (χ1v) is 14.4. The van der Waals surface area contributed by atoms with Gasteiger partial charge in [-0.2, -0.15) is 0 Å². The van der Waals surface area contributed by atoms with Crippen molar-refractivity contribution in [3.63, 3.8) is 0 Å². The normalized spacial score (nSPS) is 6.64. The van der Waals surface area contributed by atoms with Gasteiger partial charge in [0, 0.05) is 100 Å². The van der Waals surface area contributed by atoms with Crippen LogP contribution in [0.5, 0.6) is 0 Å². The largest absolute Gasteiger partial charge is 0.481 e. The second kappa shape index (κ2) is 17.1. The number of carboxylic acids is 1. The van der Waals surface area contributed by atoms with Crippen molar-refractivity contribution >= 4 is 99.4 Å². The summed E-state index contributed by atoms with van der Waals surface area (Å²) in [7, 11) is 12.7. The SMILES string of the molecule is CC(=O)O.S=S=S=S=S=S=S=S=S=S. The Kier molecular flexibility index (Phi) is 22.0. The van der Waals surface area contributed by atoms with Gasteiger partial charge in [0.15, 0.2) is 0 Å². The molecule has 0 heterocycles. The van der Waals surface area contributed by atoms with E-state index in [4.69, 9.17) is 9.90 Å². The van der Waals surface area contributed by atoms with Gasteiger partial charge >= 0.3 is 0 Å². The van der Waals surface area contributed by atoms with Crippen LogP contribution in [0.1, 0.15) is 6.92 Å². The van der Waals surface area contributed by atoms with Crippen molar-refractivity contribution in [3.8, 4) is 0 Å². The van der Waals surface area contributed by atoms with Gasteiger partial charge in [-0.1, -0.05) is 0 Å². The summed E-state index contributed by atoms with van der Waals surface area (Å²) in [5.74, 6) is -0.833. The molecule has 0 aromatic carbocycles. The molecule has 12 heteroatoms. The highest BCUT2D eigenvalue weighted by atomic mass is 33.4. The van der Waals surface area contributed by atoms with Crippen LogP contribution in [-0.4, -0.2) is 11.1 Å². The summed E-state index contributed by atoms with van der Waals surface area (Å²) in [5, 5.41) is 7.42. The van der Waals surface area contributed by atoms with Crippen molar-refractivity contribution in [1.29, 1.82) is 0 Å². The highest BCUT2D eigenvalue weighted by Crippen LogP contribution is 1.42. The van der Waals surface area contributed by atoms with Crippen molar-refractivity contribution < 1.29 is 9.90 Å². The van der Waals surface area contributed by atoms with E-state index in [0.29, 0.717) is 0 Å². The molecule has 0 aromatic heterocycles. The fraction of sp³-hybridized carbons (Fsp3) is 0.500. The van der Waals surface area contributed by atoms with E-state index in [1.165, 1.54) is 17.8 Å². The van der Waals surface area contributed by atoms with Gasteiger partial charge in [0.25, 0.3) is 5.97 Å². The van der Waals surface area contributed by atoms with Crippen molar-refractivity contribution in [2.45, 2.75) is 6.92 Å². The Bertz CT molecular complexity index is 426. The molecule has 0 bridgehead atoms. The van der Waals surface area contributed by atoms with Crippen LogP contribution in [0.4, 0.5) is 0 Å². The third-order valence-corrected chi connectivity index (χ3v) is 15.7. The molecule has 2 nitrogen and oxygen atoms in total. The molecule has 1 N–H and O–H groups in total. The van der Waals surface area contributed by atoms with Crippen molar-refractivity contribution in [2.24, 2.45) is 0 Å². The van der Waals surface area contributed by atoms with Crippen LogP contribution < -0.4 is 0 Å². The lowest BCUT2D eigenvalue weighted by molar-refractivity contribution is -0.134. The van der Waals surface area contributed by atoms with E-state index in [1.807, 2.05) is 0 Å². The zero-order chi connectivity index (χ0) is 11.2. The Morgan fingerprint density at radius 3 is 1.36 bits per heavy atom. The number of aliphatic carboxylic acids is 1. The third-order valence-electron chi connectivity index (χ3n) is 0.194. The average Bonchev–Trinajstić information content (AvgIpc) is 2.10. The van der Waals surface area contributed by atoms with Gasteiger partial charge in [-0.3, -0.25) is 4.79 Å². The van der Waals surface area contributed by atoms with Gasteiger partial charge in [-0.15, -0.1) is 0 Å². The minimum atomic E-state index is -0.833. The van der Waals surface area contributed by atoms with E-state index in [-0.39, 0.29) is 0 Å². The van der Waals surface area contributed by atoms with Crippen LogP contribution in [0.3, 0.4) is 0 Å². The fourth-order valence-electron chi connectivity index (χ4n) is 0.0680. The first-order chi connectivity index (χ1) is 6.65. The van der Waals surface area contributed by atoms with E-state index < -0.39 is 5.97 Å². The molecular formula is C2H4O2S10. The number of carbonyl (C=O) groups is 1. The van der Waals surface area contributed by atoms with E-state index in [9.17, 15) is 0 Å². The second-order valence-corrected chi connectivity index (χ2v) is 15.2. The first-order valence-electron chi connectivity index (χ1n) is 2.43. The highest BCUT2D eigenvalue weighted by Gasteiger charge is 1.65. The molecule has 0 aromatic rings. The molecular weight excluding hydrogens is 377 g/mol. The topological polar surface area (TPSA) is 37.3 Å². The lowest BCUT2D eigenvalue weighted by Crippen LogP contribution is -1.78. The zero-order valence-electron chi connectivity index (χ0n) is 6.44. The first kappa shape index (κ1) is 18.0. The lowest BCUT2D eigenvalue weighted by atomic mass is 10.9. The maximum absolute atomic E-state index is 9.00. The molecule has 0 radical (unpaired) electrons. The highest BCUT2D eigenvalue weighted by molar-refractivity contribution is 8.73. The summed E-state index contributed by atoms with van der Waals surface area (Å²) in [6.07, 6.45) is 0. The summed E-state index contributed by atoms with van der Waals surface area (Å²) in [6, 6.07) is 0. The molecule has 0 saturated carbocycles. The Morgan fingerprint density at radius 1 is 0.929 bits per heavy atom. The molecule has 0 rings (SSSR count). The third kappa shape index (κ3) is 29.2. The molecule has 0 atom stereocenters. The van der Waals surface area contributed by atoms with Gasteiger partial charge in [-0.25, -0.2) is 0 Å². The minimum absolute atomic E-state index is 0.833. The minimum Gasteiger partial charge on any atom is -0.481 e. The molecule has 0 fully saturated rings. The standard InChI is InChI=1S/C2H4O2.S10/c1-2(3)4;1-3-5-7-9-10-8-6-4-2/h1H3,(H,3,4);. The van der Waals surface area contributed by atoms with Crippen LogP contribution in [0.2, 0.25) is 0 Å². The molecule has 0 aliphatic rings. The van der Waals surface area contributed by atoms with Crippen molar-refractivity contribution in [2.75, 3.05) is 0 Å². The number of hydrogen-bond acceptors (Lipinski definition) is 3. The molecule has 0 spiro atoms. The Hall–Kier alpha value is 1.67. The molecule has 0 saturated heterocycles. The number of hydrogen-bond donors (Lipinski definition) is 1. The summed E-state index contributed by atoms with van der Waals surface area (Å²) in [4.78, 5) is 9.00. The fourth-order valence-corrected chi connectivity index (χ4v) is 16.5. The van der Waals surface area contributed by atoms with Crippen LogP contribution >= 0.6 is 0 Å². The van der Waals surface area contributed by atoms with Gasteiger partial charge < -0.3 is 5.11 Å². The summed E-state index contributed by atoms with van der Waals surface area (Å²) < 4.78 is 0. The lowest BCUT2D eigenvalue weighted by Gasteiger charge is -1.59. The van der Waals surface area contributed by atoms with E-state index in [1.54, 1.807) is 53.3 Å². The zero-order valence-corrected chi connectivity index (χ0v) is 14.6. The summed E-state index contributed by atoms with van der Waals surface area (Å²) in [6.45, 7) is 1.08. The van der Waals surface area contributed by atoms with Crippen LogP contribution in [0, 0.1) is 0 Å². The van der Waals surface area contributed by atoms with Crippen LogP contribution in [-0.2, 0) is 98.2 Å². The average molecular weight is 381 g/mol. The van der Waals surface area contributed by atoms with Crippen LogP contribution in [0.25, 0.3) is 0 Å². The van der Waals surface area contributed by atoms with Crippen LogP contribution in [0.15, 0.2) is 0 Å². The molecule has 84 valence electrons. The molecule has 0 unspecified atom stereocenters. The van der Waals surface area contributed by atoms with E-state index in [0.717, 1.165) is 6.92 Å². The monoisotopic (exact) mass is 380 g/mol.